The van der Waals surface area contributed by atoms with E-state index in [2.05, 4.69) is 0 Å². The topological polar surface area (TPSA) is 66.8 Å². The zero-order chi connectivity index (χ0) is 12.7. The number of phenolic OH excluding ortho intramolecular Hbond substituents is 2. The fourth-order valence-corrected chi connectivity index (χ4v) is 1.20. The van der Waals surface area contributed by atoms with E-state index in [0.29, 0.717) is 12.2 Å². The Labute approximate surface area is 100 Å². The lowest BCUT2D eigenvalue weighted by molar-refractivity contribution is -0.137. The molecule has 1 aromatic carbocycles. The SMILES string of the molecule is CCCCOC(=O)/C=C/c1cc(O)ccc1O. The standard InChI is InChI=1S/C13H16O4/c1-2-3-8-17-13(16)7-4-10-9-11(14)5-6-12(10)15/h4-7,9,14-15H,2-3,8H2,1H3/b7-4+. The molecule has 0 radical (unpaired) electrons. The molecular formula is C13H16O4. The van der Waals surface area contributed by atoms with Crippen LogP contribution in [-0.4, -0.2) is 22.8 Å². The van der Waals surface area contributed by atoms with E-state index >= 15 is 0 Å². The van der Waals surface area contributed by atoms with Crippen LogP contribution in [0.15, 0.2) is 24.3 Å². The molecule has 0 bridgehead atoms. The molecule has 0 heterocycles. The lowest BCUT2D eigenvalue weighted by atomic mass is 10.2. The summed E-state index contributed by atoms with van der Waals surface area (Å²) in [6.07, 6.45) is 4.43. The molecule has 4 heteroatoms. The lowest BCUT2D eigenvalue weighted by Crippen LogP contribution is -2.01. The van der Waals surface area contributed by atoms with Gasteiger partial charge in [0, 0.05) is 11.6 Å². The molecular weight excluding hydrogens is 220 g/mol. The number of hydrogen-bond acceptors (Lipinski definition) is 4. The minimum absolute atomic E-state index is 0.000378. The molecule has 4 nitrogen and oxygen atoms in total. The van der Waals surface area contributed by atoms with Crippen LogP contribution in [-0.2, 0) is 9.53 Å². The van der Waals surface area contributed by atoms with E-state index < -0.39 is 5.97 Å². The summed E-state index contributed by atoms with van der Waals surface area (Å²) in [5.41, 5.74) is 0.373. The van der Waals surface area contributed by atoms with Gasteiger partial charge in [-0.05, 0) is 30.7 Å². The molecule has 0 aliphatic rings. The van der Waals surface area contributed by atoms with Crippen LogP contribution in [0.2, 0.25) is 0 Å². The smallest absolute Gasteiger partial charge is 0.330 e. The summed E-state index contributed by atoms with van der Waals surface area (Å²) in [6, 6.07) is 4.09. The highest BCUT2D eigenvalue weighted by Crippen LogP contribution is 2.23. The first kappa shape index (κ1) is 13.1. The van der Waals surface area contributed by atoms with Crippen LogP contribution in [0.3, 0.4) is 0 Å². The zero-order valence-corrected chi connectivity index (χ0v) is 9.72. The van der Waals surface area contributed by atoms with Crippen LogP contribution < -0.4 is 0 Å². The van der Waals surface area contributed by atoms with Gasteiger partial charge in [0.15, 0.2) is 0 Å². The average Bonchev–Trinajstić information content (AvgIpc) is 2.31. The zero-order valence-electron chi connectivity index (χ0n) is 9.72. The Morgan fingerprint density at radius 1 is 1.41 bits per heavy atom. The van der Waals surface area contributed by atoms with E-state index in [1.54, 1.807) is 0 Å². The van der Waals surface area contributed by atoms with E-state index in [0.717, 1.165) is 12.8 Å². The molecule has 1 aromatic rings. The highest BCUT2D eigenvalue weighted by molar-refractivity contribution is 5.87. The van der Waals surface area contributed by atoms with Gasteiger partial charge in [-0.25, -0.2) is 4.79 Å². The predicted molar refractivity (Wildman–Crippen MR) is 64.7 cm³/mol. The van der Waals surface area contributed by atoms with Gasteiger partial charge in [0.2, 0.25) is 0 Å². The van der Waals surface area contributed by atoms with Crippen LogP contribution >= 0.6 is 0 Å². The minimum Gasteiger partial charge on any atom is -0.508 e. The number of carbonyl (C=O) groups excluding carboxylic acids is 1. The van der Waals surface area contributed by atoms with Gasteiger partial charge in [-0.1, -0.05) is 13.3 Å². The highest BCUT2D eigenvalue weighted by Gasteiger charge is 2.00. The van der Waals surface area contributed by atoms with E-state index in [1.165, 1.54) is 30.4 Å². The Morgan fingerprint density at radius 3 is 2.88 bits per heavy atom. The Morgan fingerprint density at radius 2 is 2.18 bits per heavy atom. The number of unbranched alkanes of at least 4 members (excludes halogenated alkanes) is 1. The van der Waals surface area contributed by atoms with Crippen LogP contribution in [0.25, 0.3) is 6.08 Å². The highest BCUT2D eigenvalue weighted by atomic mass is 16.5. The second kappa shape index (κ2) is 6.58. The summed E-state index contributed by atoms with van der Waals surface area (Å²) in [6.45, 7) is 2.40. The first-order chi connectivity index (χ1) is 8.13. The molecule has 92 valence electrons. The van der Waals surface area contributed by atoms with Crippen LogP contribution in [0.4, 0.5) is 0 Å². The second-order valence-corrected chi connectivity index (χ2v) is 3.60. The molecule has 0 atom stereocenters. The molecule has 17 heavy (non-hydrogen) atoms. The van der Waals surface area contributed by atoms with Gasteiger partial charge in [-0.2, -0.15) is 0 Å². The Hall–Kier alpha value is -1.97. The van der Waals surface area contributed by atoms with Crippen molar-refractivity contribution in [3.63, 3.8) is 0 Å². The van der Waals surface area contributed by atoms with Crippen molar-refractivity contribution in [1.29, 1.82) is 0 Å². The van der Waals surface area contributed by atoms with Crippen molar-refractivity contribution in [3.8, 4) is 11.5 Å². The fraction of sp³-hybridized carbons (Fsp3) is 0.308. The fourth-order valence-electron chi connectivity index (χ4n) is 1.20. The van der Waals surface area contributed by atoms with Crippen molar-refractivity contribution in [2.45, 2.75) is 19.8 Å². The predicted octanol–water partition coefficient (Wildman–Crippen LogP) is 2.45. The minimum atomic E-state index is -0.457. The van der Waals surface area contributed by atoms with Crippen molar-refractivity contribution in [3.05, 3.63) is 29.8 Å². The molecule has 0 spiro atoms. The number of phenols is 2. The van der Waals surface area contributed by atoms with Gasteiger partial charge in [0.25, 0.3) is 0 Å². The Bertz CT molecular complexity index is 410. The molecule has 0 saturated heterocycles. The second-order valence-electron chi connectivity index (χ2n) is 3.60. The monoisotopic (exact) mass is 236 g/mol. The maximum absolute atomic E-state index is 11.2. The number of aromatic hydroxyl groups is 2. The largest absolute Gasteiger partial charge is 0.508 e. The van der Waals surface area contributed by atoms with E-state index in [9.17, 15) is 15.0 Å². The number of ether oxygens (including phenoxy) is 1. The summed E-state index contributed by atoms with van der Waals surface area (Å²) in [5, 5.41) is 18.7. The van der Waals surface area contributed by atoms with Gasteiger partial charge in [0.1, 0.15) is 11.5 Å². The van der Waals surface area contributed by atoms with Crippen LogP contribution in [0.5, 0.6) is 11.5 Å². The molecule has 0 unspecified atom stereocenters. The van der Waals surface area contributed by atoms with Crippen LogP contribution in [0.1, 0.15) is 25.3 Å². The number of carbonyl (C=O) groups is 1. The van der Waals surface area contributed by atoms with E-state index in [1.807, 2.05) is 6.92 Å². The molecule has 1 rings (SSSR count). The summed E-state index contributed by atoms with van der Waals surface area (Å²) in [5.74, 6) is -0.427. The number of esters is 1. The van der Waals surface area contributed by atoms with E-state index in [-0.39, 0.29) is 11.5 Å². The van der Waals surface area contributed by atoms with Crippen LogP contribution in [0, 0.1) is 0 Å². The Balaban J connectivity index is 2.57. The molecule has 0 aromatic heterocycles. The summed E-state index contributed by atoms with van der Waals surface area (Å²) in [7, 11) is 0. The third-order valence-corrected chi connectivity index (χ3v) is 2.15. The van der Waals surface area contributed by atoms with Crippen molar-refractivity contribution in [2.24, 2.45) is 0 Å². The van der Waals surface area contributed by atoms with Gasteiger partial charge < -0.3 is 14.9 Å². The van der Waals surface area contributed by atoms with Crippen molar-refractivity contribution in [1.82, 2.24) is 0 Å². The maximum Gasteiger partial charge on any atom is 0.330 e. The maximum atomic E-state index is 11.2. The van der Waals surface area contributed by atoms with Crippen molar-refractivity contribution < 1.29 is 19.7 Å². The van der Waals surface area contributed by atoms with Gasteiger partial charge in [0.05, 0.1) is 6.61 Å². The molecule has 0 aliphatic heterocycles. The van der Waals surface area contributed by atoms with Gasteiger partial charge >= 0.3 is 5.97 Å². The molecule has 0 amide bonds. The van der Waals surface area contributed by atoms with Crippen molar-refractivity contribution in [2.75, 3.05) is 6.61 Å². The quantitative estimate of drug-likeness (QED) is 0.356. The van der Waals surface area contributed by atoms with E-state index in [4.69, 9.17) is 4.74 Å². The number of benzene rings is 1. The summed E-state index contributed by atoms with van der Waals surface area (Å²) < 4.78 is 4.90. The molecule has 0 saturated carbocycles. The normalized spacial score (nSPS) is 10.6. The molecule has 0 fully saturated rings. The summed E-state index contributed by atoms with van der Waals surface area (Å²) >= 11 is 0. The third-order valence-electron chi connectivity index (χ3n) is 2.15. The van der Waals surface area contributed by atoms with Gasteiger partial charge in [-0.15, -0.1) is 0 Å². The molecule has 2 N–H and O–H groups in total. The Kier molecular flexibility index (Phi) is 5.07. The first-order valence-corrected chi connectivity index (χ1v) is 5.50. The molecule has 0 aliphatic carbocycles. The lowest BCUT2D eigenvalue weighted by Gasteiger charge is -2.01. The third kappa shape index (κ3) is 4.59. The first-order valence-electron chi connectivity index (χ1n) is 5.50. The number of rotatable bonds is 5. The summed E-state index contributed by atoms with van der Waals surface area (Å²) in [4.78, 5) is 11.2. The van der Waals surface area contributed by atoms with Gasteiger partial charge in [-0.3, -0.25) is 0 Å². The van der Waals surface area contributed by atoms with Crippen molar-refractivity contribution >= 4 is 12.0 Å². The average molecular weight is 236 g/mol. The number of hydrogen-bond donors (Lipinski definition) is 2.